The van der Waals surface area contributed by atoms with Crippen LogP contribution in [0, 0.1) is 0 Å². The number of nitrogens with two attached hydrogens (primary N) is 1. The first-order chi connectivity index (χ1) is 8.59. The minimum atomic E-state index is -0.133. The number of fused-ring (bicyclic) bond motifs is 3. The zero-order valence-corrected chi connectivity index (χ0v) is 14.7. The van der Waals surface area contributed by atoms with Crippen LogP contribution in [0.2, 0.25) is 0 Å². The molecule has 0 aliphatic heterocycles. The van der Waals surface area contributed by atoms with E-state index < -0.39 is 0 Å². The maximum Gasteiger partial charge on any atom is 0.321 e. The molecule has 0 radical (unpaired) electrons. The summed E-state index contributed by atoms with van der Waals surface area (Å²) in [6.45, 7) is 0. The van der Waals surface area contributed by atoms with Gasteiger partial charge in [0.25, 0.3) is 11.0 Å². The molecule has 0 atom stereocenters. The van der Waals surface area contributed by atoms with Crippen molar-refractivity contribution in [3.05, 3.63) is 49.8 Å². The summed E-state index contributed by atoms with van der Waals surface area (Å²) in [5.41, 5.74) is 8.58. The second-order valence-corrected chi connectivity index (χ2v) is 5.54. The lowest BCUT2D eigenvalue weighted by Crippen LogP contribution is -3.00. The zero-order valence-electron chi connectivity index (χ0n) is 9.95. The van der Waals surface area contributed by atoms with Crippen LogP contribution in [0.1, 0.15) is 0 Å². The number of nitrogens with zero attached hydrogens (tertiary/aromatic N) is 1. The van der Waals surface area contributed by atoms with Crippen molar-refractivity contribution < 1.29 is 26.9 Å². The largest absolute Gasteiger partial charge is 1.00 e. The standard InChI is InChI=1S/C12H7Br2N3O.BrH.H2O/c13-6-5-7-11(9(14)10(6)15)17-4-2-1-3-8(17)12(18)16-7;;/h1-5,15,18H;1H;1H2. The van der Waals surface area contributed by atoms with E-state index in [2.05, 4.69) is 36.8 Å². The van der Waals surface area contributed by atoms with E-state index in [1.807, 2.05) is 22.7 Å². The third kappa shape index (κ3) is 2.48. The Hall–Kier alpha value is -0.960. The minimum absolute atomic E-state index is 0. The van der Waals surface area contributed by atoms with Crippen LogP contribution in [-0.4, -0.2) is 10.5 Å². The van der Waals surface area contributed by atoms with Gasteiger partial charge in [0.2, 0.25) is 0 Å². The molecule has 0 saturated carbocycles. The molecular formula is C12H10Br3N3O2. The van der Waals surface area contributed by atoms with E-state index >= 15 is 0 Å². The number of nitrogen functional groups attached to an aromatic ring is 1. The van der Waals surface area contributed by atoms with E-state index in [1.165, 1.54) is 0 Å². The molecule has 0 bridgehead atoms. The summed E-state index contributed by atoms with van der Waals surface area (Å²) >= 11 is 6.85. The van der Waals surface area contributed by atoms with E-state index in [1.54, 1.807) is 12.1 Å². The minimum Gasteiger partial charge on any atom is -1.00 e. The Kier molecular flexibility index (Phi) is 5.31. The molecule has 106 valence electrons. The maximum atomic E-state index is 12.0. The van der Waals surface area contributed by atoms with Gasteiger partial charge in [-0.25, -0.2) is 0 Å². The number of rotatable bonds is 0. The van der Waals surface area contributed by atoms with Crippen LogP contribution in [0.3, 0.4) is 0 Å². The number of aromatic amines is 1. The number of benzene rings is 1. The zero-order chi connectivity index (χ0) is 12.9. The van der Waals surface area contributed by atoms with Crippen LogP contribution in [-0.2, 0) is 0 Å². The molecule has 5 N–H and O–H groups in total. The molecule has 0 amide bonds. The van der Waals surface area contributed by atoms with Gasteiger partial charge in [0.05, 0.1) is 5.69 Å². The molecule has 2 heterocycles. The van der Waals surface area contributed by atoms with Gasteiger partial charge in [0.15, 0.2) is 6.20 Å². The van der Waals surface area contributed by atoms with Gasteiger partial charge in [-0.2, -0.15) is 4.40 Å². The summed E-state index contributed by atoms with van der Waals surface area (Å²) in [6.07, 6.45) is 1.84. The Morgan fingerprint density at radius 3 is 2.65 bits per heavy atom. The van der Waals surface area contributed by atoms with Crippen molar-refractivity contribution in [1.82, 2.24) is 4.98 Å². The number of anilines is 1. The smallest absolute Gasteiger partial charge is 0.321 e. The molecular weight excluding hydrogens is 458 g/mol. The van der Waals surface area contributed by atoms with E-state index in [9.17, 15) is 4.79 Å². The molecule has 0 spiro atoms. The fourth-order valence-corrected chi connectivity index (χ4v) is 3.28. The molecule has 3 aromatic rings. The van der Waals surface area contributed by atoms with Crippen molar-refractivity contribution >= 4 is 54.1 Å². The summed E-state index contributed by atoms with van der Waals surface area (Å²) in [5.74, 6) is 0. The number of hydrogen-bond donors (Lipinski definition) is 2. The molecule has 0 saturated heterocycles. The summed E-state index contributed by atoms with van der Waals surface area (Å²) in [4.78, 5) is 14.8. The van der Waals surface area contributed by atoms with E-state index in [4.69, 9.17) is 5.73 Å². The summed E-state index contributed by atoms with van der Waals surface area (Å²) < 4.78 is 3.32. The van der Waals surface area contributed by atoms with E-state index in [0.29, 0.717) is 11.2 Å². The van der Waals surface area contributed by atoms with Crippen LogP contribution in [0.4, 0.5) is 5.69 Å². The molecule has 0 aliphatic rings. The lowest BCUT2D eigenvalue weighted by atomic mass is 10.2. The Balaban J connectivity index is 0.000001000. The molecule has 0 fully saturated rings. The summed E-state index contributed by atoms with van der Waals surface area (Å²) in [5, 5.41) is 0. The molecule has 0 unspecified atom stereocenters. The van der Waals surface area contributed by atoms with Crippen LogP contribution >= 0.6 is 31.9 Å². The highest BCUT2D eigenvalue weighted by Gasteiger charge is 2.19. The molecule has 1 aromatic carbocycles. The van der Waals surface area contributed by atoms with Crippen LogP contribution in [0.15, 0.2) is 44.2 Å². The lowest BCUT2D eigenvalue weighted by molar-refractivity contribution is -0.483. The van der Waals surface area contributed by atoms with E-state index in [0.717, 1.165) is 20.0 Å². The first-order valence-electron chi connectivity index (χ1n) is 5.19. The Labute approximate surface area is 141 Å². The average molecular weight is 468 g/mol. The number of pyridine rings is 1. The third-order valence-electron chi connectivity index (χ3n) is 2.81. The normalized spacial score (nSPS) is 10.1. The molecule has 3 rings (SSSR count). The average Bonchev–Trinajstić information content (AvgIpc) is 2.36. The van der Waals surface area contributed by atoms with Gasteiger partial charge in [-0.1, -0.05) is 0 Å². The van der Waals surface area contributed by atoms with Crippen molar-refractivity contribution in [2.45, 2.75) is 0 Å². The van der Waals surface area contributed by atoms with Gasteiger partial charge < -0.3 is 33.2 Å². The van der Waals surface area contributed by atoms with Gasteiger partial charge >= 0.3 is 5.56 Å². The first kappa shape index (κ1) is 17.1. The van der Waals surface area contributed by atoms with E-state index in [-0.39, 0.29) is 28.0 Å². The third-order valence-corrected chi connectivity index (χ3v) is 4.27. The monoisotopic (exact) mass is 465 g/mol. The van der Waals surface area contributed by atoms with Crippen molar-refractivity contribution in [2.24, 2.45) is 0 Å². The Morgan fingerprint density at radius 2 is 1.95 bits per heavy atom. The van der Waals surface area contributed by atoms with Crippen LogP contribution < -0.4 is 32.7 Å². The number of nitrogens with one attached hydrogen (secondary N) is 1. The van der Waals surface area contributed by atoms with Crippen LogP contribution in [0.25, 0.3) is 16.6 Å². The second kappa shape index (κ2) is 6.21. The van der Waals surface area contributed by atoms with Crippen molar-refractivity contribution in [1.29, 1.82) is 0 Å². The van der Waals surface area contributed by atoms with Crippen molar-refractivity contribution in [2.75, 3.05) is 5.73 Å². The summed E-state index contributed by atoms with van der Waals surface area (Å²) in [7, 11) is 0. The summed E-state index contributed by atoms with van der Waals surface area (Å²) in [6, 6.07) is 7.27. The molecule has 20 heavy (non-hydrogen) atoms. The van der Waals surface area contributed by atoms with Gasteiger partial charge in [-0.3, -0.25) is 4.79 Å². The predicted molar refractivity (Wildman–Crippen MR) is 81.2 cm³/mol. The van der Waals surface area contributed by atoms with Crippen LogP contribution in [0.5, 0.6) is 0 Å². The fraction of sp³-hybridized carbons (Fsp3) is 0. The van der Waals surface area contributed by atoms with Crippen molar-refractivity contribution in [3.63, 3.8) is 0 Å². The fourth-order valence-electron chi connectivity index (χ4n) is 1.96. The molecule has 2 aromatic heterocycles. The highest BCUT2D eigenvalue weighted by molar-refractivity contribution is 9.11. The first-order valence-corrected chi connectivity index (χ1v) is 6.78. The second-order valence-electron chi connectivity index (χ2n) is 3.89. The SMILES string of the molecule is Nc1c(Br)cc2[nH]c(=O)c3cccc[n+]3c2c1Br.O.[Br-]. The topological polar surface area (TPSA) is 94.5 Å². The quantitative estimate of drug-likeness (QED) is 0.240. The number of halogens is 3. The highest BCUT2D eigenvalue weighted by Crippen LogP contribution is 2.32. The van der Waals surface area contributed by atoms with Gasteiger partial charge in [-0.15, -0.1) is 0 Å². The number of aromatic nitrogens is 2. The lowest BCUT2D eigenvalue weighted by Gasteiger charge is -2.04. The number of hydrogen-bond acceptors (Lipinski definition) is 2. The highest BCUT2D eigenvalue weighted by atomic mass is 79.9. The molecule has 5 nitrogen and oxygen atoms in total. The maximum absolute atomic E-state index is 12.0. The van der Waals surface area contributed by atoms with Gasteiger partial charge in [0, 0.05) is 16.6 Å². The van der Waals surface area contributed by atoms with Crippen molar-refractivity contribution in [3.8, 4) is 0 Å². The number of H-pyrrole nitrogens is 1. The Morgan fingerprint density at radius 1 is 1.25 bits per heavy atom. The van der Waals surface area contributed by atoms with Gasteiger partial charge in [0.1, 0.15) is 9.99 Å². The van der Waals surface area contributed by atoms with Gasteiger partial charge in [-0.05, 0) is 44.0 Å². The predicted octanol–water partition coefficient (Wildman–Crippen LogP) is -1.45. The molecule has 8 heteroatoms. The molecule has 0 aliphatic carbocycles. The Bertz CT molecular complexity index is 849.